The van der Waals surface area contributed by atoms with Gasteiger partial charge in [-0.05, 0) is 69.1 Å². The zero-order valence-electron chi connectivity index (χ0n) is 17.1. The van der Waals surface area contributed by atoms with Crippen LogP contribution in [0, 0.1) is 31.0 Å². The van der Waals surface area contributed by atoms with Crippen molar-refractivity contribution >= 4 is 11.7 Å². The SMILES string of the molecule is Cc1c(C#N)c(NC(=O)CN2CCCC2c2ccc[nH]2)n(-c2cccc(F)c2)c1C. The summed E-state index contributed by atoms with van der Waals surface area (Å²) in [4.78, 5) is 18.3. The summed E-state index contributed by atoms with van der Waals surface area (Å²) in [5.41, 5.74) is 3.62. The molecule has 4 rings (SSSR count). The van der Waals surface area contributed by atoms with Crippen molar-refractivity contribution in [3.05, 3.63) is 70.9 Å². The number of aromatic nitrogens is 2. The summed E-state index contributed by atoms with van der Waals surface area (Å²) in [6.45, 7) is 4.76. The molecule has 1 unspecified atom stereocenters. The van der Waals surface area contributed by atoms with Crippen LogP contribution in [0.2, 0.25) is 0 Å². The van der Waals surface area contributed by atoms with Gasteiger partial charge in [0.1, 0.15) is 17.7 Å². The molecule has 1 amide bonds. The molecule has 1 atom stereocenters. The number of amides is 1. The summed E-state index contributed by atoms with van der Waals surface area (Å²) in [6.07, 6.45) is 3.91. The Balaban J connectivity index is 1.62. The first-order valence-electron chi connectivity index (χ1n) is 10.0. The van der Waals surface area contributed by atoms with Crippen LogP contribution >= 0.6 is 0 Å². The molecule has 0 radical (unpaired) electrons. The van der Waals surface area contributed by atoms with E-state index < -0.39 is 0 Å². The van der Waals surface area contributed by atoms with Gasteiger partial charge in [0.2, 0.25) is 5.91 Å². The van der Waals surface area contributed by atoms with Crippen LogP contribution in [0.15, 0.2) is 42.6 Å². The highest BCUT2D eigenvalue weighted by molar-refractivity contribution is 5.93. The second-order valence-corrected chi connectivity index (χ2v) is 7.66. The lowest BCUT2D eigenvalue weighted by Crippen LogP contribution is -2.33. The van der Waals surface area contributed by atoms with Crippen LogP contribution in [-0.4, -0.2) is 33.4 Å². The number of carbonyl (C=O) groups is 1. The molecule has 30 heavy (non-hydrogen) atoms. The van der Waals surface area contributed by atoms with Crippen molar-refractivity contribution in [3.63, 3.8) is 0 Å². The Hall–Kier alpha value is -3.37. The molecular formula is C23H24FN5O. The van der Waals surface area contributed by atoms with Crippen molar-refractivity contribution in [1.29, 1.82) is 5.26 Å². The van der Waals surface area contributed by atoms with Crippen LogP contribution in [0.3, 0.4) is 0 Å². The number of nitrogens with one attached hydrogen (secondary N) is 2. The van der Waals surface area contributed by atoms with E-state index in [4.69, 9.17) is 0 Å². The Bertz CT molecular complexity index is 1110. The maximum atomic E-state index is 13.8. The standard InChI is InChI=1S/C23H24FN5O/c1-15-16(2)29(18-7-3-6-17(24)12-18)23(19(15)13-25)27-22(30)14-28-11-5-9-21(28)20-8-4-10-26-20/h3-4,6-8,10,12,21,26H,5,9,11,14H2,1-2H3,(H,27,30). The normalized spacial score (nSPS) is 16.5. The molecule has 3 aromatic rings. The van der Waals surface area contributed by atoms with E-state index in [0.29, 0.717) is 17.1 Å². The van der Waals surface area contributed by atoms with E-state index in [1.165, 1.54) is 12.1 Å². The Kier molecular flexibility index (Phi) is 5.42. The first-order chi connectivity index (χ1) is 14.5. The van der Waals surface area contributed by atoms with E-state index in [1.54, 1.807) is 16.7 Å². The van der Waals surface area contributed by atoms with E-state index >= 15 is 0 Å². The predicted molar refractivity (Wildman–Crippen MR) is 113 cm³/mol. The van der Waals surface area contributed by atoms with Gasteiger partial charge in [0.05, 0.1) is 23.8 Å². The summed E-state index contributed by atoms with van der Waals surface area (Å²) < 4.78 is 15.6. The molecule has 2 N–H and O–H groups in total. The van der Waals surface area contributed by atoms with Crippen LogP contribution in [0.4, 0.5) is 10.2 Å². The molecule has 6 nitrogen and oxygen atoms in total. The van der Waals surface area contributed by atoms with Crippen LogP contribution in [-0.2, 0) is 4.79 Å². The Morgan fingerprint density at radius 2 is 2.17 bits per heavy atom. The summed E-state index contributed by atoms with van der Waals surface area (Å²) in [5, 5.41) is 12.6. The molecule has 1 fully saturated rings. The van der Waals surface area contributed by atoms with Gasteiger partial charge in [-0.15, -0.1) is 0 Å². The molecule has 1 saturated heterocycles. The number of likely N-dealkylation sites (tertiary alicyclic amines) is 1. The lowest BCUT2D eigenvalue weighted by Gasteiger charge is -2.23. The largest absolute Gasteiger partial charge is 0.364 e. The van der Waals surface area contributed by atoms with E-state index in [2.05, 4.69) is 21.3 Å². The Morgan fingerprint density at radius 3 is 2.87 bits per heavy atom. The van der Waals surface area contributed by atoms with Crippen LogP contribution < -0.4 is 5.32 Å². The fraction of sp³-hybridized carbons (Fsp3) is 0.304. The van der Waals surface area contributed by atoms with Crippen LogP contribution in [0.25, 0.3) is 5.69 Å². The van der Waals surface area contributed by atoms with Gasteiger partial charge < -0.3 is 10.3 Å². The fourth-order valence-electron chi connectivity index (χ4n) is 4.27. The van der Waals surface area contributed by atoms with Gasteiger partial charge in [0.15, 0.2) is 0 Å². The second kappa shape index (κ2) is 8.17. The van der Waals surface area contributed by atoms with Crippen molar-refractivity contribution in [2.45, 2.75) is 32.7 Å². The number of nitrogens with zero attached hydrogens (tertiary/aromatic N) is 3. The molecule has 1 aromatic carbocycles. The average molecular weight is 405 g/mol. The molecule has 0 saturated carbocycles. The van der Waals surface area contributed by atoms with Gasteiger partial charge in [-0.1, -0.05) is 6.07 Å². The maximum absolute atomic E-state index is 13.8. The summed E-state index contributed by atoms with van der Waals surface area (Å²) in [7, 11) is 0. The number of nitriles is 1. The quantitative estimate of drug-likeness (QED) is 0.668. The molecule has 3 heterocycles. The van der Waals surface area contributed by atoms with Crippen molar-refractivity contribution in [3.8, 4) is 11.8 Å². The van der Waals surface area contributed by atoms with Crippen LogP contribution in [0.5, 0.6) is 0 Å². The van der Waals surface area contributed by atoms with Gasteiger partial charge in [0.25, 0.3) is 0 Å². The highest BCUT2D eigenvalue weighted by Gasteiger charge is 2.29. The molecule has 2 aromatic heterocycles. The number of rotatable bonds is 5. The summed E-state index contributed by atoms with van der Waals surface area (Å²) in [6, 6.07) is 12.5. The van der Waals surface area contributed by atoms with Crippen LogP contribution in [0.1, 0.15) is 41.4 Å². The Labute approximate surface area is 174 Å². The zero-order chi connectivity index (χ0) is 21.3. The smallest absolute Gasteiger partial charge is 0.239 e. The number of aromatic amines is 1. The van der Waals surface area contributed by atoms with Gasteiger partial charge in [-0.3, -0.25) is 14.3 Å². The highest BCUT2D eigenvalue weighted by atomic mass is 19.1. The predicted octanol–water partition coefficient (Wildman–Crippen LogP) is 4.21. The van der Waals surface area contributed by atoms with E-state index in [-0.39, 0.29) is 24.3 Å². The molecular weight excluding hydrogens is 381 g/mol. The monoisotopic (exact) mass is 405 g/mol. The van der Waals surface area contributed by atoms with E-state index in [1.807, 2.05) is 32.2 Å². The molecule has 0 bridgehead atoms. The van der Waals surface area contributed by atoms with Crippen molar-refractivity contribution < 1.29 is 9.18 Å². The van der Waals surface area contributed by atoms with Gasteiger partial charge in [-0.2, -0.15) is 5.26 Å². The molecule has 0 aliphatic carbocycles. The molecule has 7 heteroatoms. The molecule has 154 valence electrons. The van der Waals surface area contributed by atoms with Gasteiger partial charge in [-0.25, -0.2) is 4.39 Å². The fourth-order valence-corrected chi connectivity index (χ4v) is 4.27. The van der Waals surface area contributed by atoms with Gasteiger partial charge in [0, 0.05) is 17.6 Å². The van der Waals surface area contributed by atoms with Gasteiger partial charge >= 0.3 is 0 Å². The molecule has 0 spiro atoms. The number of hydrogen-bond donors (Lipinski definition) is 2. The van der Waals surface area contributed by atoms with Crippen molar-refractivity contribution in [1.82, 2.24) is 14.5 Å². The third kappa shape index (κ3) is 3.62. The third-order valence-corrected chi connectivity index (χ3v) is 5.84. The number of H-pyrrole nitrogens is 1. The summed E-state index contributed by atoms with van der Waals surface area (Å²) in [5.74, 6) is -0.182. The first kappa shape index (κ1) is 19.9. The maximum Gasteiger partial charge on any atom is 0.239 e. The number of benzene rings is 1. The minimum Gasteiger partial charge on any atom is -0.364 e. The van der Waals surface area contributed by atoms with Crippen molar-refractivity contribution in [2.75, 3.05) is 18.4 Å². The zero-order valence-corrected chi connectivity index (χ0v) is 17.1. The Morgan fingerprint density at radius 1 is 1.33 bits per heavy atom. The molecule has 1 aliphatic rings. The van der Waals surface area contributed by atoms with Crippen molar-refractivity contribution in [2.24, 2.45) is 0 Å². The number of hydrogen-bond acceptors (Lipinski definition) is 3. The number of halogens is 1. The van der Waals surface area contributed by atoms with E-state index in [0.717, 1.165) is 36.3 Å². The lowest BCUT2D eigenvalue weighted by molar-refractivity contribution is -0.117. The second-order valence-electron chi connectivity index (χ2n) is 7.66. The minimum atomic E-state index is -0.375. The number of carbonyl (C=O) groups excluding carboxylic acids is 1. The number of anilines is 1. The third-order valence-electron chi connectivity index (χ3n) is 5.84. The topological polar surface area (TPSA) is 76.8 Å². The highest BCUT2D eigenvalue weighted by Crippen LogP contribution is 2.32. The van der Waals surface area contributed by atoms with E-state index in [9.17, 15) is 14.4 Å². The average Bonchev–Trinajstić information content (AvgIpc) is 3.43. The first-order valence-corrected chi connectivity index (χ1v) is 10.0. The lowest BCUT2D eigenvalue weighted by atomic mass is 10.1. The summed E-state index contributed by atoms with van der Waals surface area (Å²) >= 11 is 0. The minimum absolute atomic E-state index is 0.180. The molecule has 1 aliphatic heterocycles.